The Morgan fingerprint density at radius 2 is 1.82 bits per heavy atom. The van der Waals surface area contributed by atoms with Crippen LogP contribution in [-0.2, 0) is 28.8 Å². The van der Waals surface area contributed by atoms with Crippen molar-refractivity contribution in [1.29, 1.82) is 0 Å². The standard InChI is InChI=1S/C24H33N5O4/c1-5-21-20(15-18-6-8-19(9-7-18)29(31)32)24(26-22(25-21)14-17(2)3)28-12-10-27(11-13-28)23(30)16-33-4/h6-9,17H,5,10-16H2,1-4H3. The lowest BCUT2D eigenvalue weighted by molar-refractivity contribution is -0.384. The SMILES string of the molecule is CCc1nc(CC(C)C)nc(N2CCN(C(=O)COC)CC2)c1Cc1ccc([N+](=O)[O-])cc1. The zero-order valence-corrected chi connectivity index (χ0v) is 19.9. The molecule has 1 fully saturated rings. The Kier molecular flexibility index (Phi) is 8.32. The fraction of sp³-hybridized carbons (Fsp3) is 0.542. The number of anilines is 1. The van der Waals surface area contributed by atoms with Crippen molar-refractivity contribution in [2.24, 2.45) is 5.92 Å². The number of piperazine rings is 1. The normalized spacial score (nSPS) is 14.1. The van der Waals surface area contributed by atoms with E-state index in [0.29, 0.717) is 38.5 Å². The van der Waals surface area contributed by atoms with Gasteiger partial charge in [0.05, 0.1) is 4.92 Å². The zero-order valence-electron chi connectivity index (χ0n) is 19.9. The van der Waals surface area contributed by atoms with Gasteiger partial charge in [0, 0.05) is 69.5 Å². The number of hydrogen-bond acceptors (Lipinski definition) is 7. The maximum absolute atomic E-state index is 12.2. The molecule has 0 spiro atoms. The first kappa shape index (κ1) is 24.6. The summed E-state index contributed by atoms with van der Waals surface area (Å²) in [5.41, 5.74) is 3.11. The summed E-state index contributed by atoms with van der Waals surface area (Å²) in [6.07, 6.45) is 2.17. The van der Waals surface area contributed by atoms with Crippen LogP contribution in [0, 0.1) is 16.0 Å². The summed E-state index contributed by atoms with van der Waals surface area (Å²) in [5.74, 6) is 2.18. The summed E-state index contributed by atoms with van der Waals surface area (Å²) in [7, 11) is 1.53. The molecule has 1 saturated heterocycles. The fourth-order valence-corrected chi connectivity index (χ4v) is 4.08. The topological polar surface area (TPSA) is 102 Å². The van der Waals surface area contributed by atoms with E-state index < -0.39 is 0 Å². The van der Waals surface area contributed by atoms with Gasteiger partial charge in [-0.1, -0.05) is 32.9 Å². The van der Waals surface area contributed by atoms with E-state index in [4.69, 9.17) is 14.7 Å². The van der Waals surface area contributed by atoms with Crippen molar-refractivity contribution in [3.63, 3.8) is 0 Å². The van der Waals surface area contributed by atoms with Crippen LogP contribution in [0.1, 0.15) is 43.4 Å². The second-order valence-electron chi connectivity index (χ2n) is 8.74. The average molecular weight is 456 g/mol. The van der Waals surface area contributed by atoms with Gasteiger partial charge < -0.3 is 14.5 Å². The molecule has 178 valence electrons. The molecule has 1 aliphatic heterocycles. The minimum atomic E-state index is -0.388. The van der Waals surface area contributed by atoms with E-state index >= 15 is 0 Å². The fourth-order valence-electron chi connectivity index (χ4n) is 4.08. The Morgan fingerprint density at radius 3 is 2.36 bits per heavy atom. The van der Waals surface area contributed by atoms with E-state index in [1.165, 1.54) is 19.2 Å². The van der Waals surface area contributed by atoms with Crippen molar-refractivity contribution < 1.29 is 14.5 Å². The minimum Gasteiger partial charge on any atom is -0.375 e. The number of benzene rings is 1. The molecule has 0 bridgehead atoms. The molecular formula is C24H33N5O4. The molecule has 0 N–H and O–H groups in total. The Balaban J connectivity index is 1.92. The van der Waals surface area contributed by atoms with Crippen LogP contribution in [0.15, 0.2) is 24.3 Å². The second kappa shape index (κ2) is 11.2. The van der Waals surface area contributed by atoms with Gasteiger partial charge in [0.1, 0.15) is 18.2 Å². The summed E-state index contributed by atoms with van der Waals surface area (Å²) in [6.45, 7) is 9.09. The minimum absolute atomic E-state index is 0.000634. The van der Waals surface area contributed by atoms with Gasteiger partial charge in [0.15, 0.2) is 0 Å². The van der Waals surface area contributed by atoms with Gasteiger partial charge in [-0.15, -0.1) is 0 Å². The summed E-state index contributed by atoms with van der Waals surface area (Å²) in [4.78, 5) is 36.7. The van der Waals surface area contributed by atoms with Gasteiger partial charge in [-0.2, -0.15) is 0 Å². The molecule has 9 heteroatoms. The average Bonchev–Trinajstić information content (AvgIpc) is 2.80. The number of amides is 1. The van der Waals surface area contributed by atoms with Gasteiger partial charge in [0.25, 0.3) is 5.69 Å². The number of rotatable bonds is 9. The van der Waals surface area contributed by atoms with Crippen molar-refractivity contribution in [1.82, 2.24) is 14.9 Å². The molecule has 3 rings (SSSR count). The number of nitro groups is 1. The van der Waals surface area contributed by atoms with Crippen LogP contribution in [-0.4, -0.2) is 65.6 Å². The van der Waals surface area contributed by atoms with Crippen LogP contribution >= 0.6 is 0 Å². The molecule has 1 aromatic carbocycles. The van der Waals surface area contributed by atoms with E-state index in [9.17, 15) is 14.9 Å². The summed E-state index contributed by atoms with van der Waals surface area (Å²) < 4.78 is 4.99. The summed E-state index contributed by atoms with van der Waals surface area (Å²) in [5, 5.41) is 11.0. The molecule has 2 aromatic rings. The Bertz CT molecular complexity index is 970. The number of aromatic nitrogens is 2. The molecule has 1 aliphatic rings. The van der Waals surface area contributed by atoms with Crippen LogP contribution in [0.5, 0.6) is 0 Å². The highest BCUT2D eigenvalue weighted by atomic mass is 16.6. The van der Waals surface area contributed by atoms with Crippen LogP contribution in [0.4, 0.5) is 11.5 Å². The largest absolute Gasteiger partial charge is 0.375 e. The summed E-state index contributed by atoms with van der Waals surface area (Å²) >= 11 is 0. The highest BCUT2D eigenvalue weighted by Gasteiger charge is 2.25. The van der Waals surface area contributed by atoms with E-state index in [0.717, 1.165) is 41.3 Å². The summed E-state index contributed by atoms with van der Waals surface area (Å²) in [6, 6.07) is 6.67. The predicted octanol–water partition coefficient (Wildman–Crippen LogP) is 3.03. The molecule has 0 unspecified atom stereocenters. The van der Waals surface area contributed by atoms with Gasteiger partial charge in [-0.25, -0.2) is 9.97 Å². The maximum atomic E-state index is 12.2. The number of methoxy groups -OCH3 is 1. The highest BCUT2D eigenvalue weighted by molar-refractivity contribution is 5.77. The second-order valence-corrected chi connectivity index (χ2v) is 8.74. The lowest BCUT2D eigenvalue weighted by atomic mass is 10.0. The van der Waals surface area contributed by atoms with E-state index in [2.05, 4.69) is 25.7 Å². The Labute approximate surface area is 194 Å². The molecular weight excluding hydrogens is 422 g/mol. The van der Waals surface area contributed by atoms with Gasteiger partial charge >= 0.3 is 0 Å². The number of nitrogens with zero attached hydrogens (tertiary/aromatic N) is 5. The molecule has 9 nitrogen and oxygen atoms in total. The van der Waals surface area contributed by atoms with Crippen LogP contribution in [0.3, 0.4) is 0 Å². The Morgan fingerprint density at radius 1 is 1.15 bits per heavy atom. The van der Waals surface area contributed by atoms with Gasteiger partial charge in [-0.3, -0.25) is 14.9 Å². The maximum Gasteiger partial charge on any atom is 0.269 e. The van der Waals surface area contributed by atoms with E-state index in [-0.39, 0.29) is 23.1 Å². The molecule has 33 heavy (non-hydrogen) atoms. The number of carbonyl (C=O) groups excluding carboxylic acids is 1. The van der Waals surface area contributed by atoms with Crippen molar-refractivity contribution >= 4 is 17.4 Å². The lowest BCUT2D eigenvalue weighted by Gasteiger charge is -2.36. The molecule has 0 aliphatic carbocycles. The first-order valence-corrected chi connectivity index (χ1v) is 11.5. The first-order valence-electron chi connectivity index (χ1n) is 11.5. The number of nitro benzene ring substituents is 1. The predicted molar refractivity (Wildman–Crippen MR) is 127 cm³/mol. The third-order valence-electron chi connectivity index (χ3n) is 5.77. The van der Waals surface area contributed by atoms with Crippen molar-refractivity contribution in [3.8, 4) is 0 Å². The molecule has 0 radical (unpaired) electrons. The molecule has 1 aromatic heterocycles. The van der Waals surface area contributed by atoms with Crippen LogP contribution in [0.25, 0.3) is 0 Å². The number of aryl methyl sites for hydroxylation is 1. The van der Waals surface area contributed by atoms with E-state index in [1.807, 2.05) is 4.90 Å². The molecule has 0 saturated carbocycles. The molecule has 1 amide bonds. The third-order valence-corrected chi connectivity index (χ3v) is 5.77. The number of hydrogen-bond donors (Lipinski definition) is 0. The number of carbonyl (C=O) groups is 1. The Hall–Kier alpha value is -3.07. The van der Waals surface area contributed by atoms with Crippen LogP contribution < -0.4 is 4.90 Å². The zero-order chi connectivity index (χ0) is 24.0. The quantitative estimate of drug-likeness (QED) is 0.423. The van der Waals surface area contributed by atoms with Gasteiger partial charge in [-0.05, 0) is 17.9 Å². The first-order chi connectivity index (χ1) is 15.8. The molecule has 0 atom stereocenters. The van der Waals surface area contributed by atoms with Crippen molar-refractivity contribution in [2.45, 2.75) is 40.0 Å². The van der Waals surface area contributed by atoms with Crippen molar-refractivity contribution in [3.05, 3.63) is 57.0 Å². The lowest BCUT2D eigenvalue weighted by Crippen LogP contribution is -2.50. The van der Waals surface area contributed by atoms with Crippen molar-refractivity contribution in [2.75, 3.05) is 44.8 Å². The van der Waals surface area contributed by atoms with E-state index in [1.54, 1.807) is 12.1 Å². The highest BCUT2D eigenvalue weighted by Crippen LogP contribution is 2.27. The smallest absolute Gasteiger partial charge is 0.269 e. The number of ether oxygens (including phenoxy) is 1. The number of non-ortho nitro benzene ring substituents is 1. The monoisotopic (exact) mass is 455 g/mol. The molecule has 2 heterocycles. The third kappa shape index (κ3) is 6.25. The van der Waals surface area contributed by atoms with Crippen LogP contribution in [0.2, 0.25) is 0 Å². The van der Waals surface area contributed by atoms with Gasteiger partial charge in [0.2, 0.25) is 5.91 Å².